The summed E-state index contributed by atoms with van der Waals surface area (Å²) in [6.07, 6.45) is 0. The lowest BCUT2D eigenvalue weighted by atomic mass is 10.1. The minimum atomic E-state index is -0.130. The minimum Gasteiger partial charge on any atom is -0.485 e. The first kappa shape index (κ1) is 24.0. The largest absolute Gasteiger partial charge is 0.485 e. The number of thioether (sulfide) groups is 1. The molecule has 2 aromatic heterocycles. The van der Waals surface area contributed by atoms with Crippen molar-refractivity contribution < 1.29 is 9.53 Å². The van der Waals surface area contributed by atoms with Crippen LogP contribution in [-0.2, 0) is 17.9 Å². The molecule has 0 spiro atoms. The maximum Gasteiger partial charge on any atom is 0.236 e. The molecule has 0 radical (unpaired) electrons. The molecule has 2 heterocycles. The lowest BCUT2D eigenvalue weighted by Crippen LogP contribution is -2.14. The predicted octanol–water partition coefficient (Wildman–Crippen LogP) is 5.66. The molecule has 34 heavy (non-hydrogen) atoms. The Labute approximate surface area is 207 Å². The number of para-hydroxylation sites is 1. The van der Waals surface area contributed by atoms with Crippen LogP contribution >= 0.6 is 23.1 Å². The van der Waals surface area contributed by atoms with Crippen molar-refractivity contribution in [3.8, 4) is 17.0 Å². The van der Waals surface area contributed by atoms with Gasteiger partial charge in [0.05, 0.1) is 11.4 Å². The lowest BCUT2D eigenvalue weighted by molar-refractivity contribution is -0.113. The van der Waals surface area contributed by atoms with Crippen molar-refractivity contribution in [2.24, 2.45) is 0 Å². The minimum absolute atomic E-state index is 0.130. The molecule has 1 amide bonds. The van der Waals surface area contributed by atoms with Crippen molar-refractivity contribution in [1.29, 1.82) is 0 Å². The number of hydrogen-bond donors (Lipinski definition) is 1. The van der Waals surface area contributed by atoms with Crippen molar-refractivity contribution in [3.63, 3.8) is 0 Å². The summed E-state index contributed by atoms with van der Waals surface area (Å²) in [6, 6.07) is 14.1. The smallest absolute Gasteiger partial charge is 0.236 e. The zero-order chi connectivity index (χ0) is 24.1. The van der Waals surface area contributed by atoms with Gasteiger partial charge in [0.15, 0.2) is 16.1 Å². The molecule has 7 nitrogen and oxygen atoms in total. The average Bonchev–Trinajstić information content (AvgIpc) is 3.45. The van der Waals surface area contributed by atoms with E-state index in [4.69, 9.17) is 4.74 Å². The van der Waals surface area contributed by atoms with Crippen LogP contribution in [-0.4, -0.2) is 31.4 Å². The first-order chi connectivity index (χ1) is 16.4. The summed E-state index contributed by atoms with van der Waals surface area (Å²) in [5.41, 5.74) is 5.44. The summed E-state index contributed by atoms with van der Waals surface area (Å²) in [5, 5.41) is 14.7. The number of ether oxygens (including phenoxy) is 1. The highest BCUT2D eigenvalue weighted by atomic mass is 32.2. The average molecular weight is 494 g/mol. The second kappa shape index (κ2) is 10.8. The molecule has 0 atom stereocenters. The van der Waals surface area contributed by atoms with Crippen molar-refractivity contribution in [2.75, 3.05) is 11.1 Å². The van der Waals surface area contributed by atoms with Gasteiger partial charge in [-0.3, -0.25) is 4.79 Å². The zero-order valence-corrected chi connectivity index (χ0v) is 21.3. The lowest BCUT2D eigenvalue weighted by Gasteiger charge is -2.10. The van der Waals surface area contributed by atoms with Crippen LogP contribution in [0.25, 0.3) is 11.3 Å². The number of benzene rings is 2. The van der Waals surface area contributed by atoms with E-state index in [0.29, 0.717) is 23.4 Å². The van der Waals surface area contributed by atoms with Gasteiger partial charge in [-0.25, -0.2) is 4.98 Å². The number of carbonyl (C=O) groups is 1. The number of amides is 1. The summed E-state index contributed by atoms with van der Waals surface area (Å²) in [5.74, 6) is 1.64. The van der Waals surface area contributed by atoms with E-state index in [1.807, 2.05) is 48.1 Å². The van der Waals surface area contributed by atoms with Gasteiger partial charge in [-0.1, -0.05) is 42.1 Å². The van der Waals surface area contributed by atoms with Crippen LogP contribution in [0.15, 0.2) is 53.0 Å². The molecule has 0 saturated carbocycles. The summed E-state index contributed by atoms with van der Waals surface area (Å²) >= 11 is 2.77. The normalized spacial score (nSPS) is 10.9. The van der Waals surface area contributed by atoms with Crippen molar-refractivity contribution in [3.05, 3.63) is 70.4 Å². The number of carbonyl (C=O) groups excluding carboxylic acids is 1. The molecule has 9 heteroatoms. The standard InChI is InChI=1S/C25H27N5O2S2/c1-5-30-22(13-32-21-9-7-6-8-17(21)3)28-29-25(30)34-15-23(31)27-24-26-20(14-33-24)19-11-10-16(2)18(4)12-19/h6-12,14H,5,13,15H2,1-4H3,(H,26,27,31). The maximum absolute atomic E-state index is 12.5. The Bertz CT molecular complexity index is 1300. The SMILES string of the molecule is CCn1c(COc2ccccc2C)nnc1SCC(=O)Nc1nc(-c2ccc(C)c(C)c2)cs1. The quantitative estimate of drug-likeness (QED) is 0.303. The van der Waals surface area contributed by atoms with Crippen LogP contribution in [0.5, 0.6) is 5.75 Å². The Kier molecular flexibility index (Phi) is 7.64. The summed E-state index contributed by atoms with van der Waals surface area (Å²) in [4.78, 5) is 17.1. The molecule has 1 N–H and O–H groups in total. The van der Waals surface area contributed by atoms with Gasteiger partial charge in [-0.15, -0.1) is 21.5 Å². The molecular formula is C25H27N5O2S2. The number of hydrogen-bond acceptors (Lipinski definition) is 7. The summed E-state index contributed by atoms with van der Waals surface area (Å²) < 4.78 is 7.89. The van der Waals surface area contributed by atoms with Crippen LogP contribution in [0, 0.1) is 20.8 Å². The van der Waals surface area contributed by atoms with E-state index in [0.717, 1.165) is 28.4 Å². The Hall–Kier alpha value is -3.17. The second-order valence-corrected chi connectivity index (χ2v) is 9.67. The van der Waals surface area contributed by atoms with Crippen molar-refractivity contribution in [1.82, 2.24) is 19.7 Å². The highest BCUT2D eigenvalue weighted by Gasteiger charge is 2.15. The number of nitrogens with zero attached hydrogens (tertiary/aromatic N) is 4. The molecule has 2 aromatic carbocycles. The number of nitrogens with one attached hydrogen (secondary N) is 1. The van der Waals surface area contributed by atoms with Gasteiger partial charge < -0.3 is 14.6 Å². The van der Waals surface area contributed by atoms with Crippen molar-refractivity contribution >= 4 is 34.1 Å². The fourth-order valence-electron chi connectivity index (χ4n) is 3.36. The van der Waals surface area contributed by atoms with Gasteiger partial charge in [0.25, 0.3) is 0 Å². The van der Waals surface area contributed by atoms with E-state index >= 15 is 0 Å². The van der Waals surface area contributed by atoms with Crippen LogP contribution in [0.4, 0.5) is 5.13 Å². The van der Waals surface area contributed by atoms with Gasteiger partial charge in [-0.2, -0.15) is 0 Å². The van der Waals surface area contributed by atoms with Crippen LogP contribution in [0.1, 0.15) is 29.4 Å². The Balaban J connectivity index is 1.34. The maximum atomic E-state index is 12.5. The topological polar surface area (TPSA) is 81.9 Å². The van der Waals surface area contributed by atoms with E-state index in [2.05, 4.69) is 52.5 Å². The molecule has 0 aliphatic heterocycles. The highest BCUT2D eigenvalue weighted by Crippen LogP contribution is 2.27. The van der Waals surface area contributed by atoms with E-state index in [9.17, 15) is 4.79 Å². The van der Waals surface area contributed by atoms with E-state index in [1.165, 1.54) is 34.2 Å². The fourth-order valence-corrected chi connectivity index (χ4v) is 4.92. The molecule has 176 valence electrons. The Morgan fingerprint density at radius 2 is 1.91 bits per heavy atom. The third-order valence-corrected chi connectivity index (χ3v) is 7.17. The number of thiazole rings is 1. The van der Waals surface area contributed by atoms with Crippen LogP contribution in [0.2, 0.25) is 0 Å². The number of aromatic nitrogens is 4. The molecule has 0 fully saturated rings. The van der Waals surface area contributed by atoms with Gasteiger partial charge >= 0.3 is 0 Å². The Morgan fingerprint density at radius 3 is 2.68 bits per heavy atom. The first-order valence-electron chi connectivity index (χ1n) is 11.0. The first-order valence-corrected chi connectivity index (χ1v) is 12.9. The second-order valence-electron chi connectivity index (χ2n) is 7.87. The van der Waals surface area contributed by atoms with Crippen LogP contribution in [0.3, 0.4) is 0 Å². The number of anilines is 1. The number of aryl methyl sites for hydroxylation is 3. The van der Waals surface area contributed by atoms with E-state index in [-0.39, 0.29) is 11.7 Å². The molecule has 0 unspecified atom stereocenters. The van der Waals surface area contributed by atoms with Gasteiger partial charge in [0, 0.05) is 17.5 Å². The highest BCUT2D eigenvalue weighted by molar-refractivity contribution is 7.99. The summed E-state index contributed by atoms with van der Waals surface area (Å²) in [6.45, 7) is 9.21. The fraction of sp³-hybridized carbons (Fsp3) is 0.280. The van der Waals surface area contributed by atoms with Gasteiger partial charge in [0.1, 0.15) is 12.4 Å². The van der Waals surface area contributed by atoms with Gasteiger partial charge in [0.2, 0.25) is 5.91 Å². The van der Waals surface area contributed by atoms with Gasteiger partial charge in [-0.05, 0) is 56.5 Å². The molecule has 4 rings (SSSR count). The molecule has 4 aromatic rings. The molecule has 0 aliphatic carbocycles. The third kappa shape index (κ3) is 5.66. The molecule has 0 aliphatic rings. The van der Waals surface area contributed by atoms with E-state index in [1.54, 1.807) is 0 Å². The van der Waals surface area contributed by atoms with E-state index < -0.39 is 0 Å². The van der Waals surface area contributed by atoms with Crippen molar-refractivity contribution in [2.45, 2.75) is 46.0 Å². The molecule has 0 bridgehead atoms. The monoisotopic (exact) mass is 493 g/mol. The Morgan fingerprint density at radius 1 is 1.09 bits per heavy atom. The zero-order valence-electron chi connectivity index (χ0n) is 19.7. The third-order valence-electron chi connectivity index (χ3n) is 5.45. The van der Waals surface area contributed by atoms with Crippen LogP contribution < -0.4 is 10.1 Å². The number of rotatable bonds is 9. The molecular weight excluding hydrogens is 466 g/mol. The molecule has 0 saturated heterocycles. The predicted molar refractivity (Wildman–Crippen MR) is 138 cm³/mol. The summed E-state index contributed by atoms with van der Waals surface area (Å²) in [7, 11) is 0.